The average Bonchev–Trinajstić information content (AvgIpc) is 1.14. The number of hydrogen-bond acceptors (Lipinski definition) is 5. The van der Waals surface area contributed by atoms with Crippen LogP contribution in [0.3, 0.4) is 0 Å². The summed E-state index contributed by atoms with van der Waals surface area (Å²) >= 11 is -11.5. The van der Waals surface area contributed by atoms with Crippen LogP contribution in [0.25, 0.3) is 0 Å². The van der Waals surface area contributed by atoms with Crippen LogP contribution in [0.2, 0.25) is 0 Å². The zero-order valence-corrected chi connectivity index (χ0v) is 7.18. The molecule has 0 aliphatic rings. The Balaban J connectivity index is 4.46. The molecule has 0 bridgehead atoms. The molecule has 0 amide bonds. The summed E-state index contributed by atoms with van der Waals surface area (Å²) in [5.74, 6) is 0. The Morgan fingerprint density at radius 3 is 1.11 bits per heavy atom. The van der Waals surface area contributed by atoms with Gasteiger partial charge >= 0.3 is 53.4 Å². The summed E-state index contributed by atoms with van der Waals surface area (Å²) in [5.41, 5.74) is 0. The van der Waals surface area contributed by atoms with Gasteiger partial charge in [0, 0.05) is 0 Å². The Hall–Kier alpha value is 0.119. The standard InChI is InChI=1S/H2O7Se2/c1-8(2,3)7-9(4,5)6/h(H,1,2,3)(H,4,5,6). The van der Waals surface area contributed by atoms with Gasteiger partial charge in [-0.25, -0.2) is 0 Å². The van der Waals surface area contributed by atoms with Crippen molar-refractivity contribution < 1.29 is 26.6 Å². The first-order valence-electron chi connectivity index (χ1n) is 1.37. The van der Waals surface area contributed by atoms with Crippen LogP contribution in [0.1, 0.15) is 0 Å². The van der Waals surface area contributed by atoms with Gasteiger partial charge in [0.25, 0.3) is 0 Å². The van der Waals surface area contributed by atoms with Gasteiger partial charge in [0.2, 0.25) is 0 Å². The average molecular weight is 272 g/mol. The maximum atomic E-state index is 9.53. The predicted molar refractivity (Wildman–Crippen MR) is 19.8 cm³/mol. The van der Waals surface area contributed by atoms with E-state index in [2.05, 4.69) is 2.90 Å². The minimum absolute atomic E-state index is 2.83. The summed E-state index contributed by atoms with van der Waals surface area (Å²) in [5, 5.41) is 0. The van der Waals surface area contributed by atoms with Crippen molar-refractivity contribution in [3.63, 3.8) is 0 Å². The van der Waals surface area contributed by atoms with Crippen molar-refractivity contribution >= 4 is 26.7 Å². The molecule has 0 aromatic carbocycles. The molecular formula is H2O7Se2. The molecule has 0 heterocycles. The molecule has 0 spiro atoms. The van der Waals surface area contributed by atoms with Crippen molar-refractivity contribution in [3.8, 4) is 0 Å². The third kappa shape index (κ3) is 8.12. The summed E-state index contributed by atoms with van der Waals surface area (Å²) in [6, 6.07) is 0. The van der Waals surface area contributed by atoms with Crippen molar-refractivity contribution in [1.82, 2.24) is 0 Å². The third-order valence-corrected chi connectivity index (χ3v) is 4.64. The molecule has 0 aromatic rings. The summed E-state index contributed by atoms with van der Waals surface area (Å²) < 4.78 is 56.3. The summed E-state index contributed by atoms with van der Waals surface area (Å²) in [4.78, 5) is 0. The van der Waals surface area contributed by atoms with Crippen LogP contribution in [0, 0.1) is 0 Å². The van der Waals surface area contributed by atoms with Crippen LogP contribution < -0.4 is 0 Å². The molecule has 0 rings (SSSR count). The van der Waals surface area contributed by atoms with Crippen molar-refractivity contribution in [2.75, 3.05) is 0 Å². The van der Waals surface area contributed by atoms with Crippen LogP contribution >= 0.6 is 0 Å². The van der Waals surface area contributed by atoms with Gasteiger partial charge in [0.1, 0.15) is 0 Å². The molecule has 0 saturated carbocycles. The van der Waals surface area contributed by atoms with Crippen molar-refractivity contribution in [2.24, 2.45) is 0 Å². The van der Waals surface area contributed by atoms with E-state index in [4.69, 9.17) is 8.38 Å². The second kappa shape index (κ2) is 2.39. The van der Waals surface area contributed by atoms with E-state index in [1.165, 1.54) is 0 Å². The Labute approximate surface area is 53.8 Å². The fraction of sp³-hybridized carbons (Fsp3) is 0. The number of hydrogen-bond donors (Lipinski definition) is 2. The van der Waals surface area contributed by atoms with E-state index in [1.54, 1.807) is 0 Å². The SMILES string of the molecule is O=[Se](=O)(O)O[Se](=O)(=O)O. The fourth-order valence-electron chi connectivity index (χ4n) is 0.109. The van der Waals surface area contributed by atoms with Crippen LogP contribution in [-0.4, -0.2) is 35.1 Å². The van der Waals surface area contributed by atoms with E-state index in [0.29, 0.717) is 0 Å². The van der Waals surface area contributed by atoms with Gasteiger partial charge in [-0.15, -0.1) is 0 Å². The zero-order chi connectivity index (χ0) is 7.71. The molecule has 0 aliphatic heterocycles. The molecule has 56 valence electrons. The van der Waals surface area contributed by atoms with Crippen LogP contribution in [0.15, 0.2) is 0 Å². The Kier molecular flexibility index (Phi) is 2.42. The van der Waals surface area contributed by atoms with Gasteiger partial charge < -0.3 is 0 Å². The molecule has 0 fully saturated rings. The van der Waals surface area contributed by atoms with Gasteiger partial charge in [-0.2, -0.15) is 0 Å². The summed E-state index contributed by atoms with van der Waals surface area (Å²) in [7, 11) is 0. The molecule has 2 N–H and O–H groups in total. The second-order valence-electron chi connectivity index (χ2n) is 0.924. The van der Waals surface area contributed by atoms with E-state index in [-0.39, 0.29) is 0 Å². The van der Waals surface area contributed by atoms with Crippen LogP contribution in [-0.2, 0) is 18.2 Å². The molecular weight excluding hydrogens is 270 g/mol. The topological polar surface area (TPSA) is 118 Å². The first-order valence-corrected chi connectivity index (χ1v) is 7.09. The molecule has 0 saturated heterocycles. The third-order valence-electron chi connectivity index (χ3n) is 0.172. The molecule has 0 radical (unpaired) electrons. The molecule has 7 nitrogen and oxygen atoms in total. The first kappa shape index (κ1) is 9.12. The Morgan fingerprint density at radius 1 is 0.889 bits per heavy atom. The maximum absolute atomic E-state index is 9.53. The normalized spacial score (nSPS) is 13.6. The monoisotopic (exact) mass is 274 g/mol. The minimum atomic E-state index is -5.76. The fourth-order valence-corrected chi connectivity index (χ4v) is 2.93. The van der Waals surface area contributed by atoms with E-state index >= 15 is 0 Å². The zero-order valence-electron chi connectivity index (χ0n) is 3.75. The van der Waals surface area contributed by atoms with Crippen molar-refractivity contribution in [3.05, 3.63) is 0 Å². The van der Waals surface area contributed by atoms with Crippen LogP contribution in [0.5, 0.6) is 0 Å². The van der Waals surface area contributed by atoms with Crippen molar-refractivity contribution in [1.29, 1.82) is 0 Å². The molecule has 9 heavy (non-hydrogen) atoms. The molecule has 0 aliphatic carbocycles. The molecule has 9 heteroatoms. The summed E-state index contributed by atoms with van der Waals surface area (Å²) in [6.07, 6.45) is 0. The number of rotatable bonds is 2. The molecule has 0 unspecified atom stereocenters. The molecule has 0 aromatic heterocycles. The summed E-state index contributed by atoms with van der Waals surface area (Å²) in [6.45, 7) is 0. The van der Waals surface area contributed by atoms with E-state index < -0.39 is 26.7 Å². The van der Waals surface area contributed by atoms with Gasteiger partial charge in [-0.1, -0.05) is 0 Å². The molecule has 0 atom stereocenters. The van der Waals surface area contributed by atoms with Gasteiger partial charge in [0.05, 0.1) is 0 Å². The van der Waals surface area contributed by atoms with E-state index in [1.807, 2.05) is 0 Å². The Bertz CT molecular complexity index is 232. The Morgan fingerprint density at radius 2 is 1.11 bits per heavy atom. The second-order valence-corrected chi connectivity index (χ2v) is 6.28. The van der Waals surface area contributed by atoms with Crippen molar-refractivity contribution in [2.45, 2.75) is 0 Å². The van der Waals surface area contributed by atoms with Gasteiger partial charge in [-0.3, -0.25) is 0 Å². The van der Waals surface area contributed by atoms with E-state index in [0.717, 1.165) is 0 Å². The van der Waals surface area contributed by atoms with E-state index in [9.17, 15) is 15.3 Å². The first-order chi connectivity index (χ1) is 3.71. The van der Waals surface area contributed by atoms with Gasteiger partial charge in [0.15, 0.2) is 0 Å². The van der Waals surface area contributed by atoms with Gasteiger partial charge in [-0.05, 0) is 0 Å². The predicted octanol–water partition coefficient (Wildman–Crippen LogP) is -2.42. The van der Waals surface area contributed by atoms with Crippen LogP contribution in [0.4, 0.5) is 0 Å². The quantitative estimate of drug-likeness (QED) is 0.537.